The lowest BCUT2D eigenvalue weighted by atomic mass is 10.3. The molecular weight excluding hydrogens is 164 g/mol. The van der Waals surface area contributed by atoms with Crippen molar-refractivity contribution in [3.8, 4) is 0 Å². The van der Waals surface area contributed by atoms with E-state index in [2.05, 4.69) is 4.99 Å². The highest BCUT2D eigenvalue weighted by molar-refractivity contribution is 8.14. The van der Waals surface area contributed by atoms with Gasteiger partial charge in [0.25, 0.3) is 0 Å². The van der Waals surface area contributed by atoms with Crippen LogP contribution < -0.4 is 5.73 Å². The second-order valence-electron chi connectivity index (χ2n) is 2.42. The number of carboxylic acid groups (broad SMARTS) is 1. The van der Waals surface area contributed by atoms with E-state index in [1.165, 1.54) is 11.8 Å². The fourth-order valence-electron chi connectivity index (χ4n) is 0.768. The van der Waals surface area contributed by atoms with Crippen molar-refractivity contribution >= 4 is 22.8 Å². The second kappa shape index (κ2) is 3.23. The van der Waals surface area contributed by atoms with Crippen molar-refractivity contribution in [2.75, 3.05) is 5.75 Å². The SMILES string of the molecule is CC(N)C1=NC(C(=O)O)CS1. The number of rotatable bonds is 2. The average Bonchev–Trinajstić information content (AvgIpc) is 2.33. The number of carboxylic acids is 1. The first-order chi connectivity index (χ1) is 5.11. The van der Waals surface area contributed by atoms with Gasteiger partial charge in [-0.15, -0.1) is 11.8 Å². The standard InChI is InChI=1S/C6H10N2O2S/c1-3(7)5-8-4(2-11-5)6(9)10/h3-4H,2,7H2,1H3,(H,9,10). The molecule has 3 N–H and O–H groups in total. The Bertz CT molecular complexity index is 203. The number of thioether (sulfide) groups is 1. The first-order valence-electron chi connectivity index (χ1n) is 3.30. The normalized spacial score (nSPS) is 26.4. The summed E-state index contributed by atoms with van der Waals surface area (Å²) in [6.07, 6.45) is 0. The molecule has 1 rings (SSSR count). The molecule has 0 radical (unpaired) electrons. The second-order valence-corrected chi connectivity index (χ2v) is 3.46. The van der Waals surface area contributed by atoms with Gasteiger partial charge in [0.05, 0.1) is 5.04 Å². The third-order valence-electron chi connectivity index (χ3n) is 1.35. The maximum absolute atomic E-state index is 10.4. The molecule has 1 aliphatic rings. The zero-order valence-corrected chi connectivity index (χ0v) is 6.97. The summed E-state index contributed by atoms with van der Waals surface area (Å²) in [5.41, 5.74) is 5.52. The Hall–Kier alpha value is -0.550. The van der Waals surface area contributed by atoms with Crippen LogP contribution in [0.2, 0.25) is 0 Å². The predicted octanol–water partition coefficient (Wildman–Crippen LogP) is -0.0679. The summed E-state index contributed by atoms with van der Waals surface area (Å²) < 4.78 is 0. The van der Waals surface area contributed by atoms with E-state index in [-0.39, 0.29) is 6.04 Å². The summed E-state index contributed by atoms with van der Waals surface area (Å²) in [6, 6.07) is -0.717. The van der Waals surface area contributed by atoms with Gasteiger partial charge in [-0.25, -0.2) is 4.79 Å². The van der Waals surface area contributed by atoms with E-state index in [4.69, 9.17) is 10.8 Å². The quantitative estimate of drug-likeness (QED) is 0.614. The zero-order valence-electron chi connectivity index (χ0n) is 6.15. The minimum atomic E-state index is -0.867. The molecule has 5 heteroatoms. The van der Waals surface area contributed by atoms with Crippen molar-refractivity contribution in [2.24, 2.45) is 10.7 Å². The maximum Gasteiger partial charge on any atom is 0.329 e. The third kappa shape index (κ3) is 1.94. The van der Waals surface area contributed by atoms with Gasteiger partial charge in [0.2, 0.25) is 0 Å². The number of hydrogen-bond acceptors (Lipinski definition) is 4. The zero-order chi connectivity index (χ0) is 8.43. The molecule has 2 atom stereocenters. The molecule has 1 aliphatic heterocycles. The van der Waals surface area contributed by atoms with Gasteiger partial charge in [0, 0.05) is 11.8 Å². The lowest BCUT2D eigenvalue weighted by Crippen LogP contribution is -2.23. The minimum absolute atomic E-state index is 0.135. The molecule has 2 unspecified atom stereocenters. The van der Waals surface area contributed by atoms with Crippen LogP contribution in [0.15, 0.2) is 4.99 Å². The minimum Gasteiger partial charge on any atom is -0.480 e. The Labute approximate surface area is 68.9 Å². The Kier molecular flexibility index (Phi) is 2.51. The van der Waals surface area contributed by atoms with Crippen LogP contribution in [-0.4, -0.2) is 34.0 Å². The fourth-order valence-corrected chi connectivity index (χ4v) is 1.78. The van der Waals surface area contributed by atoms with Gasteiger partial charge >= 0.3 is 5.97 Å². The molecule has 11 heavy (non-hydrogen) atoms. The summed E-state index contributed by atoms with van der Waals surface area (Å²) in [5.74, 6) is -0.347. The molecule has 62 valence electrons. The number of aliphatic imine (C=N–C) groups is 1. The smallest absolute Gasteiger partial charge is 0.329 e. The van der Waals surface area contributed by atoms with Crippen molar-refractivity contribution in [1.29, 1.82) is 0 Å². The van der Waals surface area contributed by atoms with E-state index >= 15 is 0 Å². The molecule has 0 saturated carbocycles. The molecule has 0 saturated heterocycles. The molecule has 0 fully saturated rings. The molecule has 0 bridgehead atoms. The van der Waals surface area contributed by atoms with Crippen molar-refractivity contribution < 1.29 is 9.90 Å². The van der Waals surface area contributed by atoms with E-state index in [0.29, 0.717) is 5.75 Å². The van der Waals surface area contributed by atoms with Crippen molar-refractivity contribution in [2.45, 2.75) is 19.0 Å². The molecule has 0 spiro atoms. The van der Waals surface area contributed by atoms with Gasteiger partial charge in [-0.05, 0) is 6.92 Å². The molecular formula is C6H10N2O2S. The number of nitrogens with two attached hydrogens (primary N) is 1. The van der Waals surface area contributed by atoms with Crippen LogP contribution in [0.3, 0.4) is 0 Å². The maximum atomic E-state index is 10.4. The first-order valence-corrected chi connectivity index (χ1v) is 4.28. The van der Waals surface area contributed by atoms with Crippen molar-refractivity contribution in [1.82, 2.24) is 0 Å². The largest absolute Gasteiger partial charge is 0.480 e. The molecule has 0 aliphatic carbocycles. The average molecular weight is 174 g/mol. The molecule has 4 nitrogen and oxygen atoms in total. The Morgan fingerprint density at radius 3 is 2.91 bits per heavy atom. The van der Waals surface area contributed by atoms with E-state index in [9.17, 15) is 4.79 Å². The summed E-state index contributed by atoms with van der Waals surface area (Å²) in [6.45, 7) is 1.80. The Morgan fingerprint density at radius 1 is 2.00 bits per heavy atom. The summed E-state index contributed by atoms with van der Waals surface area (Å²) >= 11 is 1.43. The summed E-state index contributed by atoms with van der Waals surface area (Å²) in [4.78, 5) is 14.4. The van der Waals surface area contributed by atoms with Gasteiger partial charge in [0.15, 0.2) is 6.04 Å². The van der Waals surface area contributed by atoms with Gasteiger partial charge in [-0.1, -0.05) is 0 Å². The Balaban J connectivity index is 2.61. The number of carbonyl (C=O) groups is 1. The lowest BCUT2D eigenvalue weighted by molar-refractivity contribution is -0.137. The molecule has 1 heterocycles. The Morgan fingerprint density at radius 2 is 2.64 bits per heavy atom. The molecule has 0 aromatic rings. The first kappa shape index (κ1) is 8.55. The summed E-state index contributed by atoms with van der Waals surface area (Å²) in [5, 5.41) is 9.30. The number of aliphatic carboxylic acids is 1. The van der Waals surface area contributed by atoms with Gasteiger partial charge in [-0.3, -0.25) is 4.99 Å². The van der Waals surface area contributed by atoms with Crippen LogP contribution in [0.5, 0.6) is 0 Å². The van der Waals surface area contributed by atoms with E-state index in [0.717, 1.165) is 5.04 Å². The molecule has 0 amide bonds. The van der Waals surface area contributed by atoms with Crippen LogP contribution in [0.1, 0.15) is 6.92 Å². The monoisotopic (exact) mass is 174 g/mol. The highest BCUT2D eigenvalue weighted by Gasteiger charge is 2.25. The van der Waals surface area contributed by atoms with Crippen LogP contribution in [0.4, 0.5) is 0 Å². The predicted molar refractivity (Wildman–Crippen MR) is 45.0 cm³/mol. The highest BCUT2D eigenvalue weighted by Crippen LogP contribution is 2.19. The van der Waals surface area contributed by atoms with Crippen molar-refractivity contribution in [3.05, 3.63) is 0 Å². The van der Waals surface area contributed by atoms with Gasteiger partial charge < -0.3 is 10.8 Å². The number of hydrogen-bond donors (Lipinski definition) is 2. The van der Waals surface area contributed by atoms with Crippen LogP contribution >= 0.6 is 11.8 Å². The topological polar surface area (TPSA) is 75.7 Å². The molecule has 0 aromatic carbocycles. The van der Waals surface area contributed by atoms with Crippen LogP contribution in [-0.2, 0) is 4.79 Å². The van der Waals surface area contributed by atoms with Gasteiger partial charge in [-0.2, -0.15) is 0 Å². The fraction of sp³-hybridized carbons (Fsp3) is 0.667. The molecule has 0 aromatic heterocycles. The van der Waals surface area contributed by atoms with E-state index < -0.39 is 12.0 Å². The number of nitrogens with zero attached hydrogens (tertiary/aromatic N) is 1. The highest BCUT2D eigenvalue weighted by atomic mass is 32.2. The van der Waals surface area contributed by atoms with Crippen molar-refractivity contribution in [3.63, 3.8) is 0 Å². The van der Waals surface area contributed by atoms with E-state index in [1.807, 2.05) is 0 Å². The van der Waals surface area contributed by atoms with Gasteiger partial charge in [0.1, 0.15) is 0 Å². The third-order valence-corrected chi connectivity index (χ3v) is 2.60. The lowest BCUT2D eigenvalue weighted by Gasteiger charge is -2.00. The van der Waals surface area contributed by atoms with E-state index in [1.54, 1.807) is 6.92 Å². The van der Waals surface area contributed by atoms with Crippen LogP contribution in [0.25, 0.3) is 0 Å². The summed E-state index contributed by atoms with van der Waals surface area (Å²) in [7, 11) is 0. The van der Waals surface area contributed by atoms with Crippen LogP contribution in [0, 0.1) is 0 Å².